The normalized spacial score (nSPS) is 29.4. The van der Waals surface area contributed by atoms with E-state index in [0.29, 0.717) is 22.8 Å². The van der Waals surface area contributed by atoms with E-state index in [1.54, 1.807) is 32.0 Å². The molecule has 0 saturated heterocycles. The van der Waals surface area contributed by atoms with Crippen molar-refractivity contribution >= 4 is 29.8 Å². The molecule has 1 amide bonds. The van der Waals surface area contributed by atoms with Crippen LogP contribution in [-0.2, 0) is 9.59 Å². The molecule has 2 aliphatic carbocycles. The number of aldehydes is 1. The number of rotatable bonds is 7. The number of nitrogens with one attached hydrogen (secondary N) is 2. The van der Waals surface area contributed by atoms with Gasteiger partial charge in [0, 0.05) is 17.5 Å². The Morgan fingerprint density at radius 1 is 1.31 bits per heavy atom. The number of hydrogen-bond acceptors (Lipinski definition) is 7. The number of hydrogen-bond donors (Lipinski definition) is 3. The molecule has 0 aliphatic heterocycles. The average Bonchev–Trinajstić information content (AvgIpc) is 2.72. The molecule has 2 aliphatic rings. The molecular weight excluding hydrogens is 428 g/mol. The number of para-hydroxylation sites is 1. The van der Waals surface area contributed by atoms with E-state index in [-0.39, 0.29) is 17.0 Å². The molecule has 2 bridgehead atoms. The average molecular weight is 465 g/mol. The summed E-state index contributed by atoms with van der Waals surface area (Å²) < 4.78 is 2.86. The number of nitrogens with two attached hydrogens (primary N) is 1. The Morgan fingerprint density at radius 2 is 1.97 bits per heavy atom. The lowest BCUT2D eigenvalue weighted by Gasteiger charge is -2.49. The van der Waals surface area contributed by atoms with Crippen LogP contribution in [0.4, 0.5) is 5.69 Å². The number of nitro benzene ring substituents is 1. The predicted octanol–water partition coefficient (Wildman–Crippen LogP) is 3.69. The Hall–Kier alpha value is -1.97. The molecule has 5 unspecified atom stereocenters. The number of nitro groups is 1. The molecule has 32 heavy (non-hydrogen) atoms. The molecule has 5 atom stereocenters. The number of benzene rings is 1. The SMILES string of the molecule is CC(C)(C=O)NSc1ccccc1[N+](=O)[O-].CNC1C(C)CC2CC1CC(C)(C(N)=O)C2. The summed E-state index contributed by atoms with van der Waals surface area (Å²) in [5, 5.41) is 14.1. The highest BCUT2D eigenvalue weighted by Crippen LogP contribution is 2.50. The summed E-state index contributed by atoms with van der Waals surface area (Å²) in [5.74, 6) is 1.96. The largest absolute Gasteiger partial charge is 0.369 e. The lowest BCUT2D eigenvalue weighted by Crippen LogP contribution is -2.52. The van der Waals surface area contributed by atoms with Crippen LogP contribution in [0.3, 0.4) is 0 Å². The van der Waals surface area contributed by atoms with Gasteiger partial charge in [0.15, 0.2) is 0 Å². The second kappa shape index (κ2) is 10.8. The summed E-state index contributed by atoms with van der Waals surface area (Å²) in [7, 11) is 2.04. The summed E-state index contributed by atoms with van der Waals surface area (Å²) in [5.41, 5.74) is 4.62. The topological polar surface area (TPSA) is 127 Å². The number of fused-ring (bicyclic) bond motifs is 2. The first-order chi connectivity index (χ1) is 14.9. The first kappa shape index (κ1) is 26.3. The van der Waals surface area contributed by atoms with Crippen LogP contribution in [0.5, 0.6) is 0 Å². The molecule has 0 aromatic heterocycles. The predicted molar refractivity (Wildman–Crippen MR) is 127 cm³/mol. The molecule has 2 fully saturated rings. The third kappa shape index (κ3) is 6.52. The van der Waals surface area contributed by atoms with Crippen LogP contribution in [0, 0.1) is 33.3 Å². The van der Waals surface area contributed by atoms with E-state index in [9.17, 15) is 19.7 Å². The van der Waals surface area contributed by atoms with Gasteiger partial charge in [-0.2, -0.15) is 0 Å². The van der Waals surface area contributed by atoms with E-state index < -0.39 is 10.5 Å². The second-order valence-corrected chi connectivity index (χ2v) is 10.8. The summed E-state index contributed by atoms with van der Waals surface area (Å²) in [6, 6.07) is 6.95. The van der Waals surface area contributed by atoms with Crippen LogP contribution < -0.4 is 15.8 Å². The van der Waals surface area contributed by atoms with E-state index in [4.69, 9.17) is 5.73 Å². The lowest BCUT2D eigenvalue weighted by atomic mass is 9.57. The maximum absolute atomic E-state index is 11.6. The van der Waals surface area contributed by atoms with Gasteiger partial charge in [-0.05, 0) is 82.3 Å². The summed E-state index contributed by atoms with van der Waals surface area (Å²) in [4.78, 5) is 33.0. The third-order valence-electron chi connectivity index (χ3n) is 6.62. The quantitative estimate of drug-likeness (QED) is 0.243. The molecule has 1 aromatic carbocycles. The van der Waals surface area contributed by atoms with Crippen molar-refractivity contribution < 1.29 is 14.5 Å². The zero-order valence-electron chi connectivity index (χ0n) is 19.6. The third-order valence-corrected chi connectivity index (χ3v) is 7.82. The highest BCUT2D eigenvalue weighted by molar-refractivity contribution is 7.97. The van der Waals surface area contributed by atoms with Crippen molar-refractivity contribution in [3.8, 4) is 0 Å². The number of nitrogens with zero attached hydrogens (tertiary/aromatic N) is 1. The van der Waals surface area contributed by atoms with Crippen molar-refractivity contribution in [3.63, 3.8) is 0 Å². The van der Waals surface area contributed by atoms with Crippen molar-refractivity contribution in [1.29, 1.82) is 0 Å². The van der Waals surface area contributed by atoms with Crippen LogP contribution in [0.1, 0.15) is 53.4 Å². The highest BCUT2D eigenvalue weighted by atomic mass is 32.2. The van der Waals surface area contributed by atoms with Crippen LogP contribution in [0.2, 0.25) is 0 Å². The Labute approximate surface area is 194 Å². The number of amides is 1. The van der Waals surface area contributed by atoms with Crippen LogP contribution in [-0.4, -0.2) is 35.7 Å². The fourth-order valence-electron chi connectivity index (χ4n) is 5.11. The van der Waals surface area contributed by atoms with Crippen molar-refractivity contribution in [2.75, 3.05) is 7.05 Å². The first-order valence-electron chi connectivity index (χ1n) is 11.0. The number of primary amides is 1. The Bertz CT molecular complexity index is 832. The fourth-order valence-corrected chi connectivity index (χ4v) is 5.93. The van der Waals surface area contributed by atoms with E-state index in [1.165, 1.54) is 18.9 Å². The van der Waals surface area contributed by atoms with Crippen molar-refractivity contribution in [1.82, 2.24) is 10.0 Å². The molecular formula is C23H36N4O4S. The maximum atomic E-state index is 11.6. The maximum Gasteiger partial charge on any atom is 0.284 e. The minimum atomic E-state index is -0.714. The van der Waals surface area contributed by atoms with E-state index in [1.807, 2.05) is 7.05 Å². The Morgan fingerprint density at radius 3 is 2.53 bits per heavy atom. The minimum absolute atomic E-state index is 0.0294. The molecule has 1 aromatic rings. The molecule has 4 N–H and O–H groups in total. The van der Waals surface area contributed by atoms with Crippen LogP contribution >= 0.6 is 11.9 Å². The van der Waals surface area contributed by atoms with Gasteiger partial charge in [0.2, 0.25) is 5.91 Å². The van der Waals surface area contributed by atoms with Gasteiger partial charge in [-0.3, -0.25) is 14.9 Å². The summed E-state index contributed by atoms with van der Waals surface area (Å²) in [6.07, 6.45) is 5.24. The van der Waals surface area contributed by atoms with Crippen LogP contribution in [0.15, 0.2) is 29.2 Å². The van der Waals surface area contributed by atoms with Crippen LogP contribution in [0.25, 0.3) is 0 Å². The molecule has 0 heterocycles. The molecule has 0 spiro atoms. The lowest BCUT2D eigenvalue weighted by molar-refractivity contribution is -0.387. The van der Waals surface area contributed by atoms with Gasteiger partial charge in [-0.15, -0.1) is 0 Å². The summed E-state index contributed by atoms with van der Waals surface area (Å²) >= 11 is 1.08. The zero-order valence-corrected chi connectivity index (χ0v) is 20.4. The first-order valence-corrected chi connectivity index (χ1v) is 11.8. The van der Waals surface area contributed by atoms with Gasteiger partial charge in [0.25, 0.3) is 5.69 Å². The van der Waals surface area contributed by atoms with Gasteiger partial charge < -0.3 is 15.8 Å². The van der Waals surface area contributed by atoms with E-state index in [2.05, 4.69) is 23.9 Å². The Kier molecular flexibility index (Phi) is 8.84. The fraction of sp³-hybridized carbons (Fsp3) is 0.652. The molecule has 2 saturated carbocycles. The van der Waals surface area contributed by atoms with Crippen molar-refractivity contribution in [2.45, 2.75) is 69.9 Å². The highest BCUT2D eigenvalue weighted by Gasteiger charge is 2.47. The van der Waals surface area contributed by atoms with E-state index in [0.717, 1.165) is 37.0 Å². The summed E-state index contributed by atoms with van der Waals surface area (Å²) in [6.45, 7) is 7.77. The monoisotopic (exact) mass is 464 g/mol. The number of carbonyl (C=O) groups excluding carboxylic acids is 2. The number of carbonyl (C=O) groups is 2. The van der Waals surface area contributed by atoms with Gasteiger partial charge >= 0.3 is 0 Å². The molecule has 9 heteroatoms. The molecule has 8 nitrogen and oxygen atoms in total. The smallest absolute Gasteiger partial charge is 0.284 e. The zero-order chi connectivity index (χ0) is 24.1. The molecule has 178 valence electrons. The molecule has 3 rings (SSSR count). The molecule has 0 radical (unpaired) electrons. The van der Waals surface area contributed by atoms with E-state index >= 15 is 0 Å². The van der Waals surface area contributed by atoms with Crippen molar-refractivity contribution in [2.24, 2.45) is 28.9 Å². The van der Waals surface area contributed by atoms with Gasteiger partial charge in [-0.1, -0.05) is 26.0 Å². The standard InChI is InChI=1S/C13H24N2O.C10H12N2O3S/c1-8-4-9-5-10(11(8)15-3)7-13(2,6-9)12(14)16;1-10(2,7-13)11-16-9-6-4-3-5-8(9)12(14)15/h8-11,15H,4-7H2,1-3H3,(H2,14,16);3-7,11H,1-2H3. The van der Waals surface area contributed by atoms with Gasteiger partial charge in [-0.25, -0.2) is 4.72 Å². The minimum Gasteiger partial charge on any atom is -0.369 e. The Balaban J connectivity index is 0.000000227. The van der Waals surface area contributed by atoms with Crippen molar-refractivity contribution in [3.05, 3.63) is 34.4 Å². The second-order valence-electron chi connectivity index (χ2n) is 9.99. The van der Waals surface area contributed by atoms with Gasteiger partial charge in [0.1, 0.15) is 11.2 Å². The van der Waals surface area contributed by atoms with Gasteiger partial charge in [0.05, 0.1) is 10.5 Å².